The van der Waals surface area contributed by atoms with Gasteiger partial charge in [-0.25, -0.2) is 9.78 Å². The Hall–Kier alpha value is -0.120. The monoisotopic (exact) mass is 280 g/mol. The van der Waals surface area contributed by atoms with Crippen molar-refractivity contribution in [2.75, 3.05) is 7.11 Å². The number of fused-ring (bicyclic) bond motifs is 1. The average molecular weight is 280 g/mol. The molecular formula is C17H28O3. The van der Waals surface area contributed by atoms with Crippen molar-refractivity contribution in [1.82, 2.24) is 0 Å². The fourth-order valence-electron chi connectivity index (χ4n) is 5.64. The molecule has 4 atom stereocenters. The van der Waals surface area contributed by atoms with E-state index in [0.29, 0.717) is 12.2 Å². The first-order valence-electron chi connectivity index (χ1n) is 8.62. The van der Waals surface area contributed by atoms with Gasteiger partial charge in [0.1, 0.15) is 5.60 Å². The molecule has 2 aliphatic heterocycles. The van der Waals surface area contributed by atoms with E-state index in [2.05, 4.69) is 0 Å². The van der Waals surface area contributed by atoms with Gasteiger partial charge in [-0.1, -0.05) is 0 Å². The highest BCUT2D eigenvalue weighted by molar-refractivity contribution is 4.95. The second-order valence-electron chi connectivity index (χ2n) is 7.92. The van der Waals surface area contributed by atoms with Crippen LogP contribution in [0.3, 0.4) is 0 Å². The highest BCUT2D eigenvalue weighted by Crippen LogP contribution is 2.50. The van der Waals surface area contributed by atoms with Gasteiger partial charge in [0.2, 0.25) is 0 Å². The zero-order valence-electron chi connectivity index (χ0n) is 12.7. The standard InChI is InChI=1S/C17H28O3/c1-18-15-3-2-4-17(11-15)10-14-6-12-5-13(7-14)9-16(8-12)19-20-17/h12-16H,2-11H2,1H3/t12?,13?,14?,15?,16?,17-/m0/s1. The fraction of sp³-hybridized carbons (Fsp3) is 1.00. The summed E-state index contributed by atoms with van der Waals surface area (Å²) < 4.78 is 5.63. The summed E-state index contributed by atoms with van der Waals surface area (Å²) in [6.07, 6.45) is 13.3. The molecule has 0 aromatic heterocycles. The molecule has 1 spiro atoms. The molecule has 3 saturated carbocycles. The molecular weight excluding hydrogens is 252 g/mol. The molecule has 5 aliphatic rings. The molecule has 5 fully saturated rings. The van der Waals surface area contributed by atoms with Crippen LogP contribution in [0, 0.1) is 17.8 Å². The van der Waals surface area contributed by atoms with Crippen LogP contribution in [0.25, 0.3) is 0 Å². The van der Waals surface area contributed by atoms with Gasteiger partial charge in [-0.05, 0) is 75.5 Å². The van der Waals surface area contributed by atoms with Gasteiger partial charge in [-0.2, -0.15) is 0 Å². The van der Waals surface area contributed by atoms with Gasteiger partial charge in [0.15, 0.2) is 0 Å². The smallest absolute Gasteiger partial charge is 0.106 e. The number of methoxy groups -OCH3 is 1. The molecule has 2 saturated heterocycles. The SMILES string of the molecule is COC1CCC[C@]2(CC3CC4CC(C3)CC(C4)OO2)C1. The van der Waals surface area contributed by atoms with Crippen LogP contribution in [0.15, 0.2) is 0 Å². The van der Waals surface area contributed by atoms with E-state index in [1.165, 1.54) is 51.4 Å². The molecule has 20 heavy (non-hydrogen) atoms. The first-order valence-corrected chi connectivity index (χ1v) is 8.62. The summed E-state index contributed by atoms with van der Waals surface area (Å²) >= 11 is 0. The predicted molar refractivity (Wildman–Crippen MR) is 76.1 cm³/mol. The second kappa shape index (κ2) is 5.26. The minimum absolute atomic E-state index is 0.0526. The van der Waals surface area contributed by atoms with Gasteiger partial charge < -0.3 is 4.74 Å². The number of hydrogen-bond acceptors (Lipinski definition) is 3. The van der Waals surface area contributed by atoms with Gasteiger partial charge >= 0.3 is 0 Å². The molecule has 114 valence electrons. The summed E-state index contributed by atoms with van der Waals surface area (Å²) in [5, 5.41) is 0. The minimum Gasteiger partial charge on any atom is -0.381 e. The maximum Gasteiger partial charge on any atom is 0.106 e. The minimum atomic E-state index is -0.0526. The Morgan fingerprint density at radius 2 is 1.70 bits per heavy atom. The van der Waals surface area contributed by atoms with Crippen LogP contribution < -0.4 is 0 Å². The number of hydrogen-bond donors (Lipinski definition) is 0. The third-order valence-electron chi connectivity index (χ3n) is 6.31. The highest BCUT2D eigenvalue weighted by Gasteiger charge is 2.46. The van der Waals surface area contributed by atoms with E-state index in [9.17, 15) is 0 Å². The number of rotatable bonds is 1. The van der Waals surface area contributed by atoms with E-state index in [4.69, 9.17) is 14.5 Å². The van der Waals surface area contributed by atoms with Gasteiger partial charge in [-0.3, -0.25) is 0 Å². The highest BCUT2D eigenvalue weighted by atomic mass is 17.2. The summed E-state index contributed by atoms with van der Waals surface area (Å²) in [5.74, 6) is 2.66. The zero-order valence-corrected chi connectivity index (χ0v) is 12.7. The van der Waals surface area contributed by atoms with E-state index in [0.717, 1.165) is 30.6 Å². The lowest BCUT2D eigenvalue weighted by Gasteiger charge is -2.42. The molecule has 0 aromatic rings. The summed E-state index contributed by atoms with van der Waals surface area (Å²) in [7, 11) is 1.84. The summed E-state index contributed by atoms with van der Waals surface area (Å²) in [6.45, 7) is 0. The van der Waals surface area contributed by atoms with Crippen molar-refractivity contribution in [2.45, 2.75) is 82.0 Å². The van der Waals surface area contributed by atoms with Crippen LogP contribution in [0.5, 0.6) is 0 Å². The van der Waals surface area contributed by atoms with Crippen molar-refractivity contribution in [3.8, 4) is 0 Å². The third kappa shape index (κ3) is 2.53. The molecule has 0 aromatic carbocycles. The van der Waals surface area contributed by atoms with Crippen molar-refractivity contribution in [2.24, 2.45) is 17.8 Å². The lowest BCUT2D eigenvalue weighted by molar-refractivity contribution is -0.397. The molecule has 3 nitrogen and oxygen atoms in total. The Morgan fingerprint density at radius 1 is 0.950 bits per heavy atom. The van der Waals surface area contributed by atoms with Crippen molar-refractivity contribution in [3.05, 3.63) is 0 Å². The van der Waals surface area contributed by atoms with Gasteiger partial charge in [0.25, 0.3) is 0 Å². The summed E-state index contributed by atoms with van der Waals surface area (Å²) in [4.78, 5) is 12.1. The third-order valence-corrected chi connectivity index (χ3v) is 6.31. The molecule has 0 amide bonds. The summed E-state index contributed by atoms with van der Waals surface area (Å²) in [5.41, 5.74) is -0.0526. The van der Waals surface area contributed by atoms with Crippen molar-refractivity contribution in [3.63, 3.8) is 0 Å². The van der Waals surface area contributed by atoms with E-state index < -0.39 is 0 Å². The maximum absolute atomic E-state index is 6.13. The van der Waals surface area contributed by atoms with Crippen LogP contribution in [0.2, 0.25) is 0 Å². The molecule has 3 unspecified atom stereocenters. The predicted octanol–water partition coefficient (Wildman–Crippen LogP) is 3.86. The molecule has 5 rings (SSSR count). The van der Waals surface area contributed by atoms with Gasteiger partial charge in [0, 0.05) is 13.5 Å². The first-order chi connectivity index (χ1) is 9.75. The lowest BCUT2D eigenvalue weighted by Crippen LogP contribution is -2.42. The van der Waals surface area contributed by atoms with E-state index in [1.54, 1.807) is 0 Å². The van der Waals surface area contributed by atoms with Crippen LogP contribution in [-0.2, 0) is 14.5 Å². The first kappa shape index (κ1) is 13.5. The zero-order chi connectivity index (χ0) is 13.6. The van der Waals surface area contributed by atoms with Gasteiger partial charge in [0.05, 0.1) is 12.2 Å². The van der Waals surface area contributed by atoms with Crippen LogP contribution in [0.4, 0.5) is 0 Å². The molecule has 2 heterocycles. The normalized spacial score (nSPS) is 51.8. The molecule has 0 N–H and O–H groups in total. The average Bonchev–Trinajstić information content (AvgIpc) is 2.51. The van der Waals surface area contributed by atoms with Crippen molar-refractivity contribution < 1.29 is 14.5 Å². The number of ether oxygens (including phenoxy) is 1. The van der Waals surface area contributed by atoms with Crippen LogP contribution in [0.1, 0.15) is 64.2 Å². The van der Waals surface area contributed by atoms with E-state index >= 15 is 0 Å². The Kier molecular flexibility index (Phi) is 3.56. The molecule has 4 bridgehead atoms. The second-order valence-corrected chi connectivity index (χ2v) is 7.92. The molecule has 3 aliphatic carbocycles. The fourth-order valence-corrected chi connectivity index (χ4v) is 5.64. The Balaban J connectivity index is 1.56. The summed E-state index contributed by atoms with van der Waals surface area (Å²) in [6, 6.07) is 0. The Labute approximate surface area is 122 Å². The van der Waals surface area contributed by atoms with Crippen LogP contribution >= 0.6 is 0 Å². The van der Waals surface area contributed by atoms with Crippen LogP contribution in [-0.4, -0.2) is 24.9 Å². The quantitative estimate of drug-likeness (QED) is 0.683. The topological polar surface area (TPSA) is 27.7 Å². The largest absolute Gasteiger partial charge is 0.381 e. The molecule has 3 heteroatoms. The van der Waals surface area contributed by atoms with Gasteiger partial charge in [-0.15, -0.1) is 0 Å². The Bertz CT molecular complexity index is 344. The van der Waals surface area contributed by atoms with E-state index in [-0.39, 0.29) is 5.60 Å². The maximum atomic E-state index is 6.13. The Morgan fingerprint density at radius 3 is 2.45 bits per heavy atom. The van der Waals surface area contributed by atoms with Crippen molar-refractivity contribution in [1.29, 1.82) is 0 Å². The lowest BCUT2D eigenvalue weighted by atomic mass is 9.64. The van der Waals surface area contributed by atoms with Crippen molar-refractivity contribution >= 4 is 0 Å². The van der Waals surface area contributed by atoms with E-state index in [1.807, 2.05) is 7.11 Å². The molecule has 0 radical (unpaired) electrons.